The number of alkyl halides is 3. The van der Waals surface area contributed by atoms with Crippen LogP contribution < -0.4 is 9.92 Å². The summed E-state index contributed by atoms with van der Waals surface area (Å²) in [6.07, 6.45) is -1.97. The number of rotatable bonds is 6. The number of carboxylic acids is 1. The van der Waals surface area contributed by atoms with Crippen molar-refractivity contribution in [3.05, 3.63) is 41.0 Å². The molecule has 2 aromatic rings. The van der Waals surface area contributed by atoms with Gasteiger partial charge < -0.3 is 19.8 Å². The fourth-order valence-electron chi connectivity index (χ4n) is 3.02. The van der Waals surface area contributed by atoms with Crippen LogP contribution in [0.3, 0.4) is 0 Å². The maximum atomic E-state index is 13.1. The number of benzene rings is 2. The van der Waals surface area contributed by atoms with E-state index in [-0.39, 0.29) is 21.9 Å². The number of carbonyl (C=O) groups is 2. The highest BCUT2D eigenvalue weighted by molar-refractivity contribution is 7.88. The summed E-state index contributed by atoms with van der Waals surface area (Å²) in [6, 6.07) is 5.29. The first-order valence-electron chi connectivity index (χ1n) is 8.74. The van der Waals surface area contributed by atoms with Crippen LogP contribution in [0.15, 0.2) is 24.3 Å². The molecule has 0 saturated carbocycles. The molecule has 2 rings (SSSR count). The van der Waals surface area contributed by atoms with Crippen molar-refractivity contribution in [2.75, 3.05) is 0 Å². The summed E-state index contributed by atoms with van der Waals surface area (Å²) >= 11 is 0. The second kappa shape index (κ2) is 8.00. The molecule has 0 aromatic heterocycles. The molecule has 12 heteroatoms. The molecule has 0 aliphatic rings. The SMILES string of the molecule is Cc1c(C(OC(C)(C)C)C(=O)O)c(OS(=O)(=O)C(F)(F)F)c2ccccc2c1C(N)=O. The summed E-state index contributed by atoms with van der Waals surface area (Å²) in [6.45, 7) is 5.68. The molecule has 0 fully saturated rings. The molecule has 0 spiro atoms. The molecule has 3 N–H and O–H groups in total. The maximum Gasteiger partial charge on any atom is 0.534 e. The Labute approximate surface area is 175 Å². The molecule has 0 saturated heterocycles. The van der Waals surface area contributed by atoms with Crippen LogP contribution in [0, 0.1) is 6.92 Å². The van der Waals surface area contributed by atoms with Gasteiger partial charge in [0.05, 0.1) is 11.2 Å². The lowest BCUT2D eigenvalue weighted by molar-refractivity contribution is -0.160. The highest BCUT2D eigenvalue weighted by Crippen LogP contribution is 2.43. The largest absolute Gasteiger partial charge is 0.534 e. The number of hydrogen-bond acceptors (Lipinski definition) is 6. The number of carboxylic acid groups (broad SMARTS) is 1. The molecule has 1 amide bonds. The fraction of sp³-hybridized carbons (Fsp3) is 0.368. The second-order valence-electron chi connectivity index (χ2n) is 7.58. The van der Waals surface area contributed by atoms with E-state index in [9.17, 15) is 36.3 Å². The van der Waals surface area contributed by atoms with Crippen molar-refractivity contribution in [1.82, 2.24) is 0 Å². The van der Waals surface area contributed by atoms with Crippen LogP contribution in [0.1, 0.15) is 48.4 Å². The van der Waals surface area contributed by atoms with Crippen molar-refractivity contribution in [1.29, 1.82) is 0 Å². The summed E-state index contributed by atoms with van der Waals surface area (Å²) in [4.78, 5) is 24.1. The molecular weight excluding hydrogens is 443 g/mol. The Morgan fingerprint density at radius 1 is 1.10 bits per heavy atom. The van der Waals surface area contributed by atoms with Crippen LogP contribution >= 0.6 is 0 Å². The number of nitrogens with two attached hydrogens (primary N) is 1. The summed E-state index contributed by atoms with van der Waals surface area (Å²) in [7, 11) is -6.18. The molecule has 0 aliphatic carbocycles. The average Bonchev–Trinajstić information content (AvgIpc) is 2.58. The van der Waals surface area contributed by atoms with Crippen molar-refractivity contribution in [3.8, 4) is 5.75 Å². The van der Waals surface area contributed by atoms with Gasteiger partial charge in [-0.25, -0.2) is 4.79 Å². The topological polar surface area (TPSA) is 133 Å². The Morgan fingerprint density at radius 2 is 1.61 bits per heavy atom. The zero-order valence-corrected chi connectivity index (χ0v) is 17.7. The van der Waals surface area contributed by atoms with E-state index in [1.165, 1.54) is 52.0 Å². The number of carbonyl (C=O) groups excluding carboxylic acids is 1. The third-order valence-corrected chi connectivity index (χ3v) is 5.10. The van der Waals surface area contributed by atoms with Crippen molar-refractivity contribution in [2.45, 2.75) is 44.9 Å². The van der Waals surface area contributed by atoms with E-state index < -0.39 is 50.5 Å². The number of amides is 1. The number of ether oxygens (including phenoxy) is 1. The van der Waals surface area contributed by atoms with Gasteiger partial charge in [0.2, 0.25) is 5.91 Å². The zero-order valence-electron chi connectivity index (χ0n) is 16.9. The molecule has 0 aliphatic heterocycles. The number of aliphatic carboxylic acids is 1. The molecule has 31 heavy (non-hydrogen) atoms. The minimum Gasteiger partial charge on any atom is -0.479 e. The van der Waals surface area contributed by atoms with Crippen LogP contribution in [0.2, 0.25) is 0 Å². The van der Waals surface area contributed by atoms with Gasteiger partial charge in [-0.3, -0.25) is 4.79 Å². The van der Waals surface area contributed by atoms with Gasteiger partial charge >= 0.3 is 21.6 Å². The molecule has 8 nitrogen and oxygen atoms in total. The third kappa shape index (κ3) is 4.90. The van der Waals surface area contributed by atoms with Gasteiger partial charge in [-0.05, 0) is 38.6 Å². The number of fused-ring (bicyclic) bond motifs is 1. The van der Waals surface area contributed by atoms with E-state index in [1.807, 2.05) is 0 Å². The van der Waals surface area contributed by atoms with Gasteiger partial charge in [0, 0.05) is 10.9 Å². The van der Waals surface area contributed by atoms with Crippen molar-refractivity contribution in [3.63, 3.8) is 0 Å². The summed E-state index contributed by atoms with van der Waals surface area (Å²) in [5.74, 6) is -3.55. The van der Waals surface area contributed by atoms with Crippen molar-refractivity contribution < 1.29 is 45.2 Å². The molecule has 2 aromatic carbocycles. The molecule has 170 valence electrons. The van der Waals surface area contributed by atoms with Gasteiger partial charge in [0.15, 0.2) is 11.9 Å². The molecule has 0 bridgehead atoms. The zero-order chi connectivity index (χ0) is 23.9. The first kappa shape index (κ1) is 24.4. The molecule has 1 unspecified atom stereocenters. The highest BCUT2D eigenvalue weighted by atomic mass is 32.2. The van der Waals surface area contributed by atoms with Crippen LogP contribution in [-0.4, -0.2) is 36.5 Å². The standard InChI is InChI=1S/C19H20F3NO7S/c1-9-12(16(23)24)10-7-5-6-8-11(10)14(30-31(27,28)19(20,21)22)13(9)15(17(25)26)29-18(2,3)4/h5-8,15H,1-4H3,(H2,23,24)(H,25,26). The Hall–Kier alpha value is -2.86. The first-order valence-corrected chi connectivity index (χ1v) is 10.1. The van der Waals surface area contributed by atoms with Crippen LogP contribution in [0.25, 0.3) is 10.8 Å². The van der Waals surface area contributed by atoms with Gasteiger partial charge in [0.1, 0.15) is 0 Å². The van der Waals surface area contributed by atoms with Gasteiger partial charge in [-0.1, -0.05) is 24.3 Å². The predicted molar refractivity (Wildman–Crippen MR) is 104 cm³/mol. The minimum absolute atomic E-state index is 0.0106. The highest BCUT2D eigenvalue weighted by Gasteiger charge is 2.49. The smallest absolute Gasteiger partial charge is 0.479 e. The molecule has 0 heterocycles. The summed E-state index contributed by atoms with van der Waals surface area (Å²) in [5.41, 5.74) is -2.42. The lowest BCUT2D eigenvalue weighted by Gasteiger charge is -2.28. The van der Waals surface area contributed by atoms with E-state index in [1.54, 1.807) is 0 Å². The second-order valence-corrected chi connectivity index (χ2v) is 9.12. The fourth-order valence-corrected chi connectivity index (χ4v) is 3.51. The lowest BCUT2D eigenvalue weighted by Crippen LogP contribution is -2.31. The third-order valence-electron chi connectivity index (χ3n) is 4.15. The van der Waals surface area contributed by atoms with Crippen molar-refractivity contribution >= 4 is 32.8 Å². The van der Waals surface area contributed by atoms with Gasteiger partial charge in [-0.2, -0.15) is 21.6 Å². The summed E-state index contributed by atoms with van der Waals surface area (Å²) in [5, 5.41) is 9.46. The minimum atomic E-state index is -6.18. The molecular formula is C19H20F3NO7S. The van der Waals surface area contributed by atoms with Crippen molar-refractivity contribution in [2.24, 2.45) is 5.73 Å². The van der Waals surface area contributed by atoms with Crippen LogP contribution in [0.5, 0.6) is 5.75 Å². The monoisotopic (exact) mass is 463 g/mol. The van der Waals surface area contributed by atoms with Gasteiger partial charge in [-0.15, -0.1) is 0 Å². The van der Waals surface area contributed by atoms with E-state index >= 15 is 0 Å². The number of hydrogen-bond donors (Lipinski definition) is 2. The molecule has 1 atom stereocenters. The Kier molecular flexibility index (Phi) is 6.30. The average molecular weight is 463 g/mol. The summed E-state index contributed by atoms with van der Waals surface area (Å²) < 4.78 is 72.7. The van der Waals surface area contributed by atoms with Crippen LogP contribution in [0.4, 0.5) is 13.2 Å². The van der Waals surface area contributed by atoms with Crippen LogP contribution in [-0.2, 0) is 19.6 Å². The predicted octanol–water partition coefficient (Wildman–Crippen LogP) is 3.42. The normalized spacial score (nSPS) is 13.8. The van der Waals surface area contributed by atoms with Gasteiger partial charge in [0.25, 0.3) is 0 Å². The quantitative estimate of drug-likeness (QED) is 0.495. The molecule has 0 radical (unpaired) electrons. The maximum absolute atomic E-state index is 13.1. The van der Waals surface area contributed by atoms with E-state index in [0.29, 0.717) is 0 Å². The first-order chi connectivity index (χ1) is 14.0. The van der Waals surface area contributed by atoms with E-state index in [0.717, 1.165) is 0 Å². The number of halogens is 3. The van der Waals surface area contributed by atoms with E-state index in [4.69, 9.17) is 10.5 Å². The Morgan fingerprint density at radius 3 is 2.03 bits per heavy atom. The Bertz CT molecular complexity index is 1150. The van der Waals surface area contributed by atoms with E-state index in [2.05, 4.69) is 4.18 Å². The lowest BCUT2D eigenvalue weighted by atomic mass is 9.90. The number of primary amides is 1. The Balaban J connectivity index is 3.05.